The Kier molecular flexibility index (Phi) is 5.40. The lowest BCUT2D eigenvalue weighted by Crippen LogP contribution is -2.46. The fourth-order valence-electron chi connectivity index (χ4n) is 1.87. The Morgan fingerprint density at radius 1 is 1.14 bits per heavy atom. The fraction of sp³-hybridized carbons (Fsp3) is 1.00. The molecule has 0 amide bonds. The van der Waals surface area contributed by atoms with Crippen molar-refractivity contribution in [2.75, 3.05) is 52.9 Å². The van der Waals surface area contributed by atoms with Gasteiger partial charge < -0.3 is 9.80 Å². The van der Waals surface area contributed by atoms with Gasteiger partial charge in [0, 0.05) is 39.8 Å². The molecule has 0 spiro atoms. The summed E-state index contributed by atoms with van der Waals surface area (Å²) in [5, 5.41) is 1.77. The molecule has 1 fully saturated rings. The van der Waals surface area contributed by atoms with Crippen molar-refractivity contribution in [3.05, 3.63) is 0 Å². The maximum absolute atomic E-state index is 5.56. The number of hydrogen-bond acceptors (Lipinski definition) is 4. The second-order valence-corrected chi connectivity index (χ2v) is 4.11. The largest absolute Gasteiger partial charge is 0.301 e. The van der Waals surface area contributed by atoms with Gasteiger partial charge in [0.15, 0.2) is 0 Å². The van der Waals surface area contributed by atoms with Gasteiger partial charge in [0.2, 0.25) is 0 Å². The van der Waals surface area contributed by atoms with Gasteiger partial charge in [0.1, 0.15) is 0 Å². The fourth-order valence-corrected chi connectivity index (χ4v) is 1.87. The summed E-state index contributed by atoms with van der Waals surface area (Å²) in [5.41, 5.74) is 0. The summed E-state index contributed by atoms with van der Waals surface area (Å²) in [6.07, 6.45) is 1.18. The van der Waals surface area contributed by atoms with Gasteiger partial charge in [-0.15, -0.1) is 0 Å². The van der Waals surface area contributed by atoms with E-state index >= 15 is 0 Å². The van der Waals surface area contributed by atoms with Crippen molar-refractivity contribution in [1.29, 1.82) is 0 Å². The highest BCUT2D eigenvalue weighted by Gasteiger charge is 2.14. The smallest absolute Gasteiger partial charge is 0.0137 e. The van der Waals surface area contributed by atoms with Gasteiger partial charge >= 0.3 is 0 Å². The standard InChI is InChI=1S/C10H24N4/c1-3-13-7-9-14(10-8-13)6-4-5-12(2)11/h3-11H2,1-2H3. The Morgan fingerprint density at radius 2 is 1.71 bits per heavy atom. The lowest BCUT2D eigenvalue weighted by molar-refractivity contribution is 0.132. The van der Waals surface area contributed by atoms with Crippen LogP contribution in [0.25, 0.3) is 0 Å². The highest BCUT2D eigenvalue weighted by atomic mass is 15.4. The van der Waals surface area contributed by atoms with Crippen LogP contribution in [0.1, 0.15) is 13.3 Å². The van der Waals surface area contributed by atoms with E-state index in [1.807, 2.05) is 7.05 Å². The highest BCUT2D eigenvalue weighted by molar-refractivity contribution is 4.70. The molecule has 0 unspecified atom stereocenters. The molecule has 1 heterocycles. The van der Waals surface area contributed by atoms with Gasteiger partial charge in [-0.1, -0.05) is 6.92 Å². The molecule has 4 heteroatoms. The molecule has 1 rings (SSSR count). The predicted molar refractivity (Wildman–Crippen MR) is 60.0 cm³/mol. The van der Waals surface area contributed by atoms with Crippen LogP contribution in [0.4, 0.5) is 0 Å². The van der Waals surface area contributed by atoms with E-state index in [-0.39, 0.29) is 0 Å². The highest BCUT2D eigenvalue weighted by Crippen LogP contribution is 2.01. The zero-order valence-electron chi connectivity index (χ0n) is 9.58. The summed E-state index contributed by atoms with van der Waals surface area (Å²) in [6, 6.07) is 0. The van der Waals surface area contributed by atoms with Crippen molar-refractivity contribution in [2.45, 2.75) is 13.3 Å². The zero-order chi connectivity index (χ0) is 10.4. The van der Waals surface area contributed by atoms with E-state index in [0.29, 0.717) is 0 Å². The number of piperazine rings is 1. The first-order chi connectivity index (χ1) is 6.72. The summed E-state index contributed by atoms with van der Waals surface area (Å²) >= 11 is 0. The average molecular weight is 200 g/mol. The molecule has 1 aliphatic heterocycles. The van der Waals surface area contributed by atoms with E-state index in [2.05, 4.69) is 16.7 Å². The number of nitrogens with zero attached hydrogens (tertiary/aromatic N) is 3. The summed E-state index contributed by atoms with van der Waals surface area (Å²) in [4.78, 5) is 5.04. The second kappa shape index (κ2) is 6.35. The molecule has 0 aromatic heterocycles. The van der Waals surface area contributed by atoms with Crippen LogP contribution in [0.3, 0.4) is 0 Å². The van der Waals surface area contributed by atoms with Gasteiger partial charge in [-0.05, 0) is 19.5 Å². The molecule has 2 N–H and O–H groups in total. The summed E-state index contributed by atoms with van der Waals surface area (Å²) in [5.74, 6) is 5.56. The number of rotatable bonds is 5. The van der Waals surface area contributed by atoms with Crippen molar-refractivity contribution in [1.82, 2.24) is 14.8 Å². The van der Waals surface area contributed by atoms with Crippen molar-refractivity contribution in [2.24, 2.45) is 5.84 Å². The van der Waals surface area contributed by atoms with Gasteiger partial charge in [-0.2, -0.15) is 0 Å². The lowest BCUT2D eigenvalue weighted by atomic mass is 10.3. The third-order valence-electron chi connectivity index (χ3n) is 2.90. The van der Waals surface area contributed by atoms with E-state index < -0.39 is 0 Å². The maximum atomic E-state index is 5.56. The van der Waals surface area contributed by atoms with Gasteiger partial charge in [0.05, 0.1) is 0 Å². The first kappa shape index (κ1) is 11.9. The lowest BCUT2D eigenvalue weighted by Gasteiger charge is -2.34. The van der Waals surface area contributed by atoms with Gasteiger partial charge in [-0.3, -0.25) is 10.9 Å². The van der Waals surface area contributed by atoms with Crippen LogP contribution in [0.15, 0.2) is 0 Å². The van der Waals surface area contributed by atoms with Crippen LogP contribution in [-0.4, -0.2) is 67.7 Å². The van der Waals surface area contributed by atoms with Crippen LogP contribution in [0.5, 0.6) is 0 Å². The van der Waals surface area contributed by atoms with Crippen LogP contribution >= 0.6 is 0 Å². The molecule has 0 saturated carbocycles. The summed E-state index contributed by atoms with van der Waals surface area (Å²) < 4.78 is 0. The predicted octanol–water partition coefficient (Wildman–Crippen LogP) is -0.180. The quantitative estimate of drug-likeness (QED) is 0.493. The minimum absolute atomic E-state index is 0.994. The minimum atomic E-state index is 0.994. The molecule has 0 aliphatic carbocycles. The average Bonchev–Trinajstić information content (AvgIpc) is 2.18. The van der Waals surface area contributed by atoms with Gasteiger partial charge in [-0.25, -0.2) is 0 Å². The molecule has 0 aromatic carbocycles. The molecule has 0 aromatic rings. The molecule has 84 valence electrons. The van der Waals surface area contributed by atoms with E-state index in [0.717, 1.165) is 6.54 Å². The van der Waals surface area contributed by atoms with E-state index in [4.69, 9.17) is 5.84 Å². The zero-order valence-corrected chi connectivity index (χ0v) is 9.58. The van der Waals surface area contributed by atoms with Crippen molar-refractivity contribution >= 4 is 0 Å². The summed E-state index contributed by atoms with van der Waals surface area (Å²) in [7, 11) is 1.93. The Balaban J connectivity index is 2.04. The monoisotopic (exact) mass is 200 g/mol. The third-order valence-corrected chi connectivity index (χ3v) is 2.90. The first-order valence-corrected chi connectivity index (χ1v) is 5.63. The topological polar surface area (TPSA) is 35.7 Å². The molecule has 14 heavy (non-hydrogen) atoms. The van der Waals surface area contributed by atoms with Crippen molar-refractivity contribution < 1.29 is 0 Å². The van der Waals surface area contributed by atoms with Crippen LogP contribution in [0.2, 0.25) is 0 Å². The molecule has 0 bridgehead atoms. The normalized spacial score (nSPS) is 20.6. The second-order valence-electron chi connectivity index (χ2n) is 4.11. The van der Waals surface area contributed by atoms with Crippen LogP contribution in [-0.2, 0) is 0 Å². The Morgan fingerprint density at radius 3 is 2.21 bits per heavy atom. The van der Waals surface area contributed by atoms with E-state index in [1.54, 1.807) is 5.01 Å². The van der Waals surface area contributed by atoms with E-state index in [1.165, 1.54) is 45.7 Å². The molecule has 0 atom stereocenters. The van der Waals surface area contributed by atoms with Crippen LogP contribution in [0, 0.1) is 0 Å². The molecular formula is C10H24N4. The molecule has 1 saturated heterocycles. The Labute approximate surface area is 87.6 Å². The number of hydrazine groups is 1. The Hall–Kier alpha value is -0.160. The molecule has 0 radical (unpaired) electrons. The first-order valence-electron chi connectivity index (χ1n) is 5.63. The molecule has 1 aliphatic rings. The molecule has 4 nitrogen and oxygen atoms in total. The van der Waals surface area contributed by atoms with Crippen molar-refractivity contribution in [3.8, 4) is 0 Å². The number of hydrogen-bond donors (Lipinski definition) is 1. The summed E-state index contributed by atoms with van der Waals surface area (Å²) in [6.45, 7) is 10.5. The third kappa shape index (κ3) is 4.37. The number of likely N-dealkylation sites (N-methyl/N-ethyl adjacent to an activating group) is 1. The van der Waals surface area contributed by atoms with Crippen LogP contribution < -0.4 is 5.84 Å². The Bertz CT molecular complexity index is 141. The SMILES string of the molecule is CCN1CCN(CCCN(C)N)CC1. The van der Waals surface area contributed by atoms with E-state index in [9.17, 15) is 0 Å². The maximum Gasteiger partial charge on any atom is 0.0137 e. The molecular weight excluding hydrogens is 176 g/mol. The number of nitrogens with two attached hydrogens (primary N) is 1. The minimum Gasteiger partial charge on any atom is -0.301 e. The van der Waals surface area contributed by atoms with Gasteiger partial charge in [0.25, 0.3) is 0 Å². The van der Waals surface area contributed by atoms with Crippen molar-refractivity contribution in [3.63, 3.8) is 0 Å².